The minimum atomic E-state index is -8.49. The van der Waals surface area contributed by atoms with E-state index >= 15 is 52.7 Å². The monoisotopic (exact) mass is 1510 g/mol. The molecule has 41 heteroatoms. The summed E-state index contributed by atoms with van der Waals surface area (Å²) in [5, 5.41) is 11.8. The molecule has 6 aromatic carbocycles. The molecule has 0 saturated carbocycles. The van der Waals surface area contributed by atoms with Crippen LogP contribution < -0.4 is 4.57 Å². The zero-order valence-corrected chi connectivity index (χ0v) is 47.1. The van der Waals surface area contributed by atoms with E-state index in [0.29, 0.717) is 16.7 Å². The molecule has 1 N–H and O–H groups in total. The van der Waals surface area contributed by atoms with Crippen molar-refractivity contribution >= 4 is 0 Å². The van der Waals surface area contributed by atoms with Gasteiger partial charge in [-0.15, -0.1) is 0 Å². The van der Waals surface area contributed by atoms with Crippen molar-refractivity contribution in [1.29, 1.82) is 0 Å². The number of benzene rings is 6. The number of aromatic hydroxyl groups is 1. The quantitative estimate of drug-likeness (QED) is 0.0563. The summed E-state index contributed by atoms with van der Waals surface area (Å²) < 4.78 is 558. The van der Waals surface area contributed by atoms with Crippen LogP contribution in [0.25, 0.3) is 61.6 Å². The molecular weight excluding hydrogens is 1480 g/mol. The van der Waals surface area contributed by atoms with Gasteiger partial charge in [0.25, 0.3) is 0 Å². The summed E-state index contributed by atoms with van der Waals surface area (Å²) in [6.45, 7) is 0. The number of phenols is 1. The Morgan fingerprint density at radius 1 is 0.210 bits per heavy atom. The summed E-state index contributed by atoms with van der Waals surface area (Å²) in [6, 6.07) is 11.5. The van der Waals surface area contributed by atoms with Crippen molar-refractivity contribution in [3.05, 3.63) is 174 Å². The van der Waals surface area contributed by atoms with Crippen LogP contribution in [-0.2, 0) is 17.8 Å². The zero-order valence-electron chi connectivity index (χ0n) is 47.1. The summed E-state index contributed by atoms with van der Waals surface area (Å²) in [4.78, 5) is 0. The van der Waals surface area contributed by atoms with E-state index in [-0.39, 0.29) is 47.5 Å². The normalized spacial score (nSPS) is 14.8. The molecule has 1 heterocycles. The van der Waals surface area contributed by atoms with Crippen LogP contribution in [0.4, 0.5) is 171 Å². The van der Waals surface area contributed by atoms with E-state index in [1.807, 2.05) is 0 Å². The second-order valence-corrected chi connectivity index (χ2v) is 21.3. The third kappa shape index (κ3) is 11.5. The van der Waals surface area contributed by atoms with Crippen molar-refractivity contribution in [2.45, 2.75) is 107 Å². The number of nitrogens with zero attached hydrogens (tertiary/aromatic N) is 1. The van der Waals surface area contributed by atoms with Gasteiger partial charge in [0.05, 0.1) is 0 Å². The van der Waals surface area contributed by atoms with Crippen LogP contribution in [0.2, 0.25) is 0 Å². The van der Waals surface area contributed by atoms with Gasteiger partial charge in [-0.1, -0.05) is 109 Å². The molecule has 7 aromatic rings. The molecule has 1 aromatic heterocycles. The number of aromatic nitrogens is 1. The van der Waals surface area contributed by atoms with Gasteiger partial charge in [-0.2, -0.15) is 176 Å². The topological polar surface area (TPSA) is 24.1 Å². The number of alkyl halides is 39. The molecule has 0 spiro atoms. The maximum Gasteiger partial charge on any atom is 0.460 e. The van der Waals surface area contributed by atoms with Crippen molar-refractivity contribution in [2.75, 3.05) is 0 Å². The van der Waals surface area contributed by atoms with Crippen LogP contribution in [0.3, 0.4) is 0 Å². The first-order valence-corrected chi connectivity index (χ1v) is 26.1. The van der Waals surface area contributed by atoms with E-state index in [2.05, 4.69) is 0 Å². The molecule has 0 aliphatic rings. The van der Waals surface area contributed by atoms with E-state index in [0.717, 1.165) is 12.1 Å². The molecule has 0 aliphatic carbocycles. The Hall–Kier alpha value is -8.46. The summed E-state index contributed by atoms with van der Waals surface area (Å²) in [6.07, 6.45) is -23.7. The molecule has 0 unspecified atom stereocenters. The van der Waals surface area contributed by atoms with Gasteiger partial charge in [0.1, 0.15) is 5.75 Å². The Morgan fingerprint density at radius 2 is 0.430 bits per heavy atom. The lowest BCUT2D eigenvalue weighted by Gasteiger charge is -2.39. The SMILES string of the molecule is Oc1c(-c2ccccc2)cc(-[n+]2c(-c3ccc(C(F)(F)C(F)(F)C(F)(F)C(F)(F)C(F)(F)C(F)(F)F)cc3)cc(-c3ccc(C(F)(F)C(F)(F)C(F)(F)C(F)(F)C(F)(F)C(F)(F)F)cc3)cc2-c2ccc(C(F)(F)C(F)(F)C(F)(F)C(F)(F)C(F)(F)C(F)(F)F)cc2)cc1-c1ccccc1. The van der Waals surface area contributed by atoms with Gasteiger partial charge in [0, 0.05) is 63.2 Å². The molecule has 7 rings (SSSR count). The number of pyridine rings is 1. The fraction of sp³-hybridized carbons (Fsp3) is 0.305. The van der Waals surface area contributed by atoms with Crippen molar-refractivity contribution in [1.82, 2.24) is 0 Å². The minimum absolute atomic E-state index is 0.0516. The lowest BCUT2D eigenvalue weighted by atomic mass is 9.89. The highest BCUT2D eigenvalue weighted by atomic mass is 19.5. The van der Waals surface area contributed by atoms with Crippen LogP contribution in [0.15, 0.2) is 158 Å². The van der Waals surface area contributed by atoms with Gasteiger partial charge in [0.15, 0.2) is 0 Å². The van der Waals surface area contributed by atoms with Gasteiger partial charge < -0.3 is 5.11 Å². The first-order valence-electron chi connectivity index (χ1n) is 26.1. The van der Waals surface area contributed by atoms with E-state index in [9.17, 15) is 124 Å². The van der Waals surface area contributed by atoms with Gasteiger partial charge in [-0.3, -0.25) is 0 Å². The first kappa shape index (κ1) is 78.9. The molecule has 0 radical (unpaired) electrons. The molecule has 0 aliphatic heterocycles. The van der Waals surface area contributed by atoms with Gasteiger partial charge in [-0.25, -0.2) is 0 Å². The predicted octanol–water partition coefficient (Wildman–Crippen LogP) is 22.6. The maximum absolute atomic E-state index is 15.7. The third-order valence-electron chi connectivity index (χ3n) is 15.1. The molecule has 0 bridgehead atoms. The molecule has 0 atom stereocenters. The van der Waals surface area contributed by atoms with E-state index < -0.39 is 217 Å². The van der Waals surface area contributed by atoms with E-state index in [4.69, 9.17) is 0 Å². The third-order valence-corrected chi connectivity index (χ3v) is 15.1. The number of phenolic OH excluding ortho intramolecular Hbond substituents is 1. The van der Waals surface area contributed by atoms with E-state index in [1.54, 1.807) is 0 Å². The number of hydrogen-bond acceptors (Lipinski definition) is 1. The smallest absolute Gasteiger partial charge is 0.460 e. The van der Waals surface area contributed by atoms with Gasteiger partial charge in [-0.05, 0) is 46.5 Å². The Balaban J connectivity index is 1.59. The molecule has 2 nitrogen and oxygen atoms in total. The first-order chi connectivity index (χ1) is 44.8. The van der Waals surface area contributed by atoms with Crippen molar-refractivity contribution in [2.24, 2.45) is 0 Å². The predicted molar refractivity (Wildman–Crippen MR) is 266 cm³/mol. The highest BCUT2D eigenvalue weighted by Crippen LogP contribution is 2.66. The lowest BCUT2D eigenvalue weighted by Crippen LogP contribution is -2.69. The standard InChI is InChI=1S/C59H26F39NO/c60-42(61,45(66,67)48(72,73)51(78,79)54(84,85)57(90,91)92)33-17-11-27(12-18-33)32-23-39(30-13-19-34(20-14-30)43(62,63)46(68,69)49(74,75)52(80,81)55(86,87)58(93,94)95)99(36-25-37(28-7-3-1-4-8-28)41(100)38(26-36)29-9-5-2-6-10-29)40(24-32)31-15-21-35(22-16-31)44(64,65)47(70,71)50(76,77)53(82,83)56(88,89)59(96,97)98/h1-26H/p+1. The summed E-state index contributed by atoms with van der Waals surface area (Å²) in [7, 11) is 0. The van der Waals surface area contributed by atoms with Gasteiger partial charge in [0.2, 0.25) is 17.1 Å². The number of hydrogen-bond donors (Lipinski definition) is 1. The van der Waals surface area contributed by atoms with Crippen molar-refractivity contribution in [3.8, 4) is 67.3 Å². The van der Waals surface area contributed by atoms with Gasteiger partial charge >= 0.3 is 107 Å². The summed E-state index contributed by atoms with van der Waals surface area (Å²) >= 11 is 0. The average molecular weight is 1510 g/mol. The Bertz CT molecular complexity index is 3920. The Morgan fingerprint density at radius 3 is 0.660 bits per heavy atom. The summed E-state index contributed by atoms with van der Waals surface area (Å²) in [5.41, 5.74) is -16.5. The fourth-order valence-corrected chi connectivity index (χ4v) is 9.31. The number of halogens is 39. The minimum Gasteiger partial charge on any atom is -0.507 e. The summed E-state index contributed by atoms with van der Waals surface area (Å²) in [5.74, 6) is -122. The van der Waals surface area contributed by atoms with Crippen LogP contribution >= 0.6 is 0 Å². The van der Waals surface area contributed by atoms with E-state index in [1.165, 1.54) is 60.7 Å². The Kier molecular flexibility index (Phi) is 19.0. The molecule has 0 fully saturated rings. The molecule has 546 valence electrons. The van der Waals surface area contributed by atoms with Crippen molar-refractivity contribution < 1.29 is 181 Å². The van der Waals surface area contributed by atoms with Crippen LogP contribution in [-0.4, -0.2) is 94.7 Å². The highest BCUT2D eigenvalue weighted by Gasteiger charge is 2.94. The molecule has 0 amide bonds. The molecule has 0 saturated heterocycles. The second kappa shape index (κ2) is 24.1. The van der Waals surface area contributed by atoms with Crippen LogP contribution in [0.5, 0.6) is 5.75 Å². The molecule has 100 heavy (non-hydrogen) atoms. The largest absolute Gasteiger partial charge is 0.507 e. The molecular formula is C59H27F39NO+. The van der Waals surface area contributed by atoms with Crippen LogP contribution in [0, 0.1) is 0 Å². The Labute approximate surface area is 529 Å². The zero-order chi connectivity index (χ0) is 76.6. The van der Waals surface area contributed by atoms with Crippen molar-refractivity contribution in [3.63, 3.8) is 0 Å². The maximum atomic E-state index is 15.7. The number of rotatable bonds is 21. The average Bonchev–Trinajstić information content (AvgIpc) is 0.718. The van der Waals surface area contributed by atoms with Crippen LogP contribution in [0.1, 0.15) is 16.7 Å². The lowest BCUT2D eigenvalue weighted by molar-refractivity contribution is -0.572. The second-order valence-electron chi connectivity index (χ2n) is 21.3. The fourth-order valence-electron chi connectivity index (χ4n) is 9.31. The highest BCUT2D eigenvalue weighted by molar-refractivity contribution is 5.84.